The van der Waals surface area contributed by atoms with E-state index in [1.807, 2.05) is 0 Å². The minimum atomic E-state index is -0.368. The number of hydrogen-bond acceptors (Lipinski definition) is 3. The van der Waals surface area contributed by atoms with E-state index in [2.05, 4.69) is 5.32 Å². The molecule has 3 atom stereocenters. The molecule has 1 amide bonds. The Kier molecular flexibility index (Phi) is 5.05. The Bertz CT molecular complexity index is 209. The van der Waals surface area contributed by atoms with Crippen molar-refractivity contribution in [3.8, 4) is 0 Å². The number of carbonyl (C=O) groups is 1. The molecule has 1 fully saturated rings. The Hall–Kier alpha value is -0.610. The summed E-state index contributed by atoms with van der Waals surface area (Å²) in [4.78, 5) is 11.3. The fourth-order valence-corrected chi connectivity index (χ4v) is 2.15. The SMILES string of the molecule is CNC(=O)C(C)OC1CCCCC1CN. The van der Waals surface area contributed by atoms with E-state index in [9.17, 15) is 4.79 Å². The van der Waals surface area contributed by atoms with Gasteiger partial charge in [-0.1, -0.05) is 12.8 Å². The van der Waals surface area contributed by atoms with E-state index in [4.69, 9.17) is 10.5 Å². The molecule has 0 radical (unpaired) electrons. The van der Waals surface area contributed by atoms with Gasteiger partial charge in [0, 0.05) is 7.05 Å². The zero-order valence-corrected chi connectivity index (χ0v) is 9.66. The molecule has 3 N–H and O–H groups in total. The van der Waals surface area contributed by atoms with Crippen LogP contribution in [0.5, 0.6) is 0 Å². The van der Waals surface area contributed by atoms with E-state index in [-0.39, 0.29) is 18.1 Å². The van der Waals surface area contributed by atoms with Crippen molar-refractivity contribution < 1.29 is 9.53 Å². The summed E-state index contributed by atoms with van der Waals surface area (Å²) >= 11 is 0. The van der Waals surface area contributed by atoms with E-state index < -0.39 is 0 Å². The molecule has 3 unspecified atom stereocenters. The molecule has 0 aromatic heterocycles. The van der Waals surface area contributed by atoms with Crippen molar-refractivity contribution in [2.75, 3.05) is 13.6 Å². The summed E-state index contributed by atoms with van der Waals surface area (Å²) in [6, 6.07) is 0. The fraction of sp³-hybridized carbons (Fsp3) is 0.909. The van der Waals surface area contributed by atoms with Gasteiger partial charge in [-0.05, 0) is 32.2 Å². The Morgan fingerprint density at radius 3 is 2.80 bits per heavy atom. The van der Waals surface area contributed by atoms with Gasteiger partial charge in [0.1, 0.15) is 6.10 Å². The Morgan fingerprint density at radius 2 is 2.20 bits per heavy atom. The van der Waals surface area contributed by atoms with Crippen LogP contribution in [0.3, 0.4) is 0 Å². The minimum absolute atomic E-state index is 0.0589. The van der Waals surface area contributed by atoms with Gasteiger partial charge in [-0.15, -0.1) is 0 Å². The number of nitrogens with two attached hydrogens (primary N) is 1. The maximum atomic E-state index is 11.3. The minimum Gasteiger partial charge on any atom is -0.365 e. The molecule has 0 aliphatic heterocycles. The van der Waals surface area contributed by atoms with Gasteiger partial charge in [-0.2, -0.15) is 0 Å². The summed E-state index contributed by atoms with van der Waals surface area (Å²) in [5, 5.41) is 2.59. The van der Waals surface area contributed by atoms with Crippen LogP contribution < -0.4 is 11.1 Å². The van der Waals surface area contributed by atoms with Gasteiger partial charge >= 0.3 is 0 Å². The molecule has 88 valence electrons. The Balaban J connectivity index is 2.43. The molecule has 0 bridgehead atoms. The summed E-state index contributed by atoms with van der Waals surface area (Å²) in [6.45, 7) is 2.45. The first-order valence-corrected chi connectivity index (χ1v) is 5.76. The second-order valence-corrected chi connectivity index (χ2v) is 4.21. The van der Waals surface area contributed by atoms with Gasteiger partial charge in [0.05, 0.1) is 6.10 Å². The largest absolute Gasteiger partial charge is 0.365 e. The molecule has 15 heavy (non-hydrogen) atoms. The van der Waals surface area contributed by atoms with Gasteiger partial charge in [0.15, 0.2) is 0 Å². The predicted molar refractivity (Wildman–Crippen MR) is 59.4 cm³/mol. The van der Waals surface area contributed by atoms with E-state index in [1.165, 1.54) is 12.8 Å². The quantitative estimate of drug-likeness (QED) is 0.722. The average molecular weight is 214 g/mol. The molecule has 0 spiro atoms. The van der Waals surface area contributed by atoms with Gasteiger partial charge < -0.3 is 15.8 Å². The molecule has 1 aliphatic carbocycles. The predicted octanol–water partition coefficient (Wildman–Crippen LogP) is 0.655. The molecule has 4 heteroatoms. The van der Waals surface area contributed by atoms with Crippen LogP contribution in [0, 0.1) is 5.92 Å². The van der Waals surface area contributed by atoms with Gasteiger partial charge in [-0.25, -0.2) is 0 Å². The summed E-state index contributed by atoms with van der Waals surface area (Å²) in [7, 11) is 1.63. The van der Waals surface area contributed by atoms with E-state index in [1.54, 1.807) is 14.0 Å². The highest BCUT2D eigenvalue weighted by Gasteiger charge is 2.27. The van der Waals surface area contributed by atoms with Crippen LogP contribution in [0.4, 0.5) is 0 Å². The summed E-state index contributed by atoms with van der Waals surface area (Å²) < 4.78 is 5.76. The summed E-state index contributed by atoms with van der Waals surface area (Å²) in [5.41, 5.74) is 5.70. The second kappa shape index (κ2) is 6.08. The highest BCUT2D eigenvalue weighted by molar-refractivity contribution is 5.79. The van der Waals surface area contributed by atoms with Crippen LogP contribution in [-0.2, 0) is 9.53 Å². The molecular weight excluding hydrogens is 192 g/mol. The van der Waals surface area contributed by atoms with Crippen LogP contribution in [0.25, 0.3) is 0 Å². The maximum absolute atomic E-state index is 11.3. The van der Waals surface area contributed by atoms with Crippen LogP contribution >= 0.6 is 0 Å². The molecule has 0 aromatic rings. The van der Waals surface area contributed by atoms with Crippen molar-refractivity contribution >= 4 is 5.91 Å². The third-order valence-electron chi connectivity index (χ3n) is 3.14. The molecule has 0 heterocycles. The highest BCUT2D eigenvalue weighted by Crippen LogP contribution is 2.26. The Labute approximate surface area is 91.5 Å². The molecule has 0 saturated heterocycles. The number of rotatable bonds is 4. The smallest absolute Gasteiger partial charge is 0.248 e. The fourth-order valence-electron chi connectivity index (χ4n) is 2.15. The summed E-state index contributed by atoms with van der Waals surface area (Å²) in [6.07, 6.45) is 4.37. The van der Waals surface area contributed by atoms with Crippen LogP contribution in [-0.4, -0.2) is 31.7 Å². The topological polar surface area (TPSA) is 64.3 Å². The van der Waals surface area contributed by atoms with Crippen LogP contribution in [0.1, 0.15) is 32.6 Å². The lowest BCUT2D eigenvalue weighted by Gasteiger charge is -2.32. The first-order valence-electron chi connectivity index (χ1n) is 5.76. The summed E-state index contributed by atoms with van der Waals surface area (Å²) in [5.74, 6) is 0.363. The lowest BCUT2D eigenvalue weighted by atomic mass is 9.86. The maximum Gasteiger partial charge on any atom is 0.248 e. The standard InChI is InChI=1S/C11H22N2O2/c1-8(11(14)13-2)15-10-6-4-3-5-9(10)7-12/h8-10H,3-7,12H2,1-2H3,(H,13,14). The van der Waals surface area contributed by atoms with E-state index >= 15 is 0 Å². The second-order valence-electron chi connectivity index (χ2n) is 4.21. The number of carbonyl (C=O) groups excluding carboxylic acids is 1. The van der Waals surface area contributed by atoms with Crippen LogP contribution in [0.2, 0.25) is 0 Å². The van der Waals surface area contributed by atoms with Crippen molar-refractivity contribution in [2.45, 2.75) is 44.8 Å². The van der Waals surface area contributed by atoms with Crippen molar-refractivity contribution in [1.82, 2.24) is 5.32 Å². The Morgan fingerprint density at radius 1 is 1.53 bits per heavy atom. The average Bonchev–Trinajstić information content (AvgIpc) is 2.28. The van der Waals surface area contributed by atoms with Crippen molar-refractivity contribution in [1.29, 1.82) is 0 Å². The van der Waals surface area contributed by atoms with E-state index in [0.29, 0.717) is 12.5 Å². The first-order chi connectivity index (χ1) is 7.19. The normalized spacial score (nSPS) is 28.5. The lowest BCUT2D eigenvalue weighted by Crippen LogP contribution is -2.40. The highest BCUT2D eigenvalue weighted by atomic mass is 16.5. The molecule has 1 aliphatic rings. The number of hydrogen-bond donors (Lipinski definition) is 2. The molecule has 0 aromatic carbocycles. The zero-order chi connectivity index (χ0) is 11.3. The molecule has 4 nitrogen and oxygen atoms in total. The number of likely N-dealkylation sites (N-methyl/N-ethyl adjacent to an activating group) is 1. The first kappa shape index (κ1) is 12.5. The van der Waals surface area contributed by atoms with Gasteiger partial charge in [-0.3, -0.25) is 4.79 Å². The van der Waals surface area contributed by atoms with Gasteiger partial charge in [0.25, 0.3) is 0 Å². The number of amides is 1. The van der Waals surface area contributed by atoms with Gasteiger partial charge in [0.2, 0.25) is 5.91 Å². The van der Waals surface area contributed by atoms with Crippen LogP contribution in [0.15, 0.2) is 0 Å². The third-order valence-corrected chi connectivity index (χ3v) is 3.14. The van der Waals surface area contributed by atoms with Crippen molar-refractivity contribution in [3.63, 3.8) is 0 Å². The lowest BCUT2D eigenvalue weighted by molar-refractivity contribution is -0.138. The number of ether oxygens (including phenoxy) is 1. The monoisotopic (exact) mass is 214 g/mol. The third kappa shape index (κ3) is 3.47. The zero-order valence-electron chi connectivity index (χ0n) is 9.66. The van der Waals surface area contributed by atoms with Crippen molar-refractivity contribution in [3.05, 3.63) is 0 Å². The molecule has 1 saturated carbocycles. The van der Waals surface area contributed by atoms with E-state index in [0.717, 1.165) is 12.8 Å². The number of nitrogens with one attached hydrogen (secondary N) is 1. The molecular formula is C11H22N2O2. The molecule has 1 rings (SSSR count). The van der Waals surface area contributed by atoms with Crippen molar-refractivity contribution in [2.24, 2.45) is 11.7 Å².